The Hall–Kier alpha value is -1.59. The zero-order valence-electron chi connectivity index (χ0n) is 14.5. The van der Waals surface area contributed by atoms with Crippen molar-refractivity contribution in [3.63, 3.8) is 0 Å². The first-order chi connectivity index (χ1) is 11.3. The molecule has 0 spiro atoms. The number of guanidine groups is 1. The van der Waals surface area contributed by atoms with Crippen LogP contribution in [0, 0.1) is 0 Å². The second kappa shape index (κ2) is 10.2. The molecule has 0 amide bonds. The number of hydrogen-bond donors (Lipinski definition) is 2. The van der Waals surface area contributed by atoms with Gasteiger partial charge >= 0.3 is 0 Å². The van der Waals surface area contributed by atoms with Gasteiger partial charge in [0.25, 0.3) is 0 Å². The van der Waals surface area contributed by atoms with Gasteiger partial charge in [0, 0.05) is 39.8 Å². The predicted molar refractivity (Wildman–Crippen MR) is 96.1 cm³/mol. The zero-order valence-corrected chi connectivity index (χ0v) is 14.5. The third-order valence-corrected chi connectivity index (χ3v) is 4.19. The van der Waals surface area contributed by atoms with Crippen molar-refractivity contribution in [1.82, 2.24) is 15.5 Å². The number of rotatable bonds is 7. The molecule has 0 unspecified atom stereocenters. The Balaban J connectivity index is 1.62. The molecule has 128 valence electrons. The number of benzene rings is 1. The quantitative estimate of drug-likeness (QED) is 0.587. The Morgan fingerprint density at radius 1 is 1.09 bits per heavy atom. The van der Waals surface area contributed by atoms with Crippen LogP contribution in [-0.4, -0.2) is 63.8 Å². The lowest BCUT2D eigenvalue weighted by Crippen LogP contribution is -2.44. The van der Waals surface area contributed by atoms with Crippen LogP contribution in [0.5, 0.6) is 0 Å². The van der Waals surface area contributed by atoms with E-state index in [0.29, 0.717) is 0 Å². The Morgan fingerprint density at radius 3 is 2.39 bits per heavy atom. The first kappa shape index (κ1) is 17.8. The number of morpholine rings is 1. The Labute approximate surface area is 140 Å². The minimum absolute atomic E-state index is 0.851. The molecule has 1 fully saturated rings. The summed E-state index contributed by atoms with van der Waals surface area (Å²) in [5.74, 6) is 0.878. The van der Waals surface area contributed by atoms with Gasteiger partial charge in [0.1, 0.15) is 0 Å². The van der Waals surface area contributed by atoms with Crippen molar-refractivity contribution >= 4 is 5.96 Å². The second-order valence-corrected chi connectivity index (χ2v) is 5.80. The van der Waals surface area contributed by atoms with Gasteiger partial charge < -0.3 is 15.4 Å². The lowest BCUT2D eigenvalue weighted by atomic mass is 10.1. The SMILES string of the molecule is CCc1ccc(CCNC(=NC)NCCN2CCOCC2)cc1. The third kappa shape index (κ3) is 6.59. The summed E-state index contributed by atoms with van der Waals surface area (Å²) in [7, 11) is 1.82. The molecule has 0 atom stereocenters. The molecule has 2 N–H and O–H groups in total. The van der Waals surface area contributed by atoms with Crippen molar-refractivity contribution in [3.8, 4) is 0 Å². The molecule has 2 rings (SSSR count). The van der Waals surface area contributed by atoms with Gasteiger partial charge in [-0.1, -0.05) is 31.2 Å². The van der Waals surface area contributed by atoms with Gasteiger partial charge in [0.2, 0.25) is 0 Å². The van der Waals surface area contributed by atoms with E-state index in [0.717, 1.165) is 64.7 Å². The highest BCUT2D eigenvalue weighted by Gasteiger charge is 2.09. The number of ether oxygens (including phenoxy) is 1. The summed E-state index contributed by atoms with van der Waals surface area (Å²) in [5, 5.41) is 6.76. The van der Waals surface area contributed by atoms with E-state index in [4.69, 9.17) is 4.74 Å². The van der Waals surface area contributed by atoms with Crippen LogP contribution in [0.15, 0.2) is 29.3 Å². The molecular formula is C18H30N4O. The zero-order chi connectivity index (χ0) is 16.3. The van der Waals surface area contributed by atoms with Gasteiger partial charge in [-0.05, 0) is 24.0 Å². The van der Waals surface area contributed by atoms with Gasteiger partial charge in [-0.2, -0.15) is 0 Å². The molecule has 0 radical (unpaired) electrons. The number of aliphatic imine (C=N–C) groups is 1. The van der Waals surface area contributed by atoms with Crippen LogP contribution < -0.4 is 10.6 Å². The van der Waals surface area contributed by atoms with E-state index < -0.39 is 0 Å². The van der Waals surface area contributed by atoms with Crippen LogP contribution in [0.1, 0.15) is 18.1 Å². The van der Waals surface area contributed by atoms with E-state index in [-0.39, 0.29) is 0 Å². The van der Waals surface area contributed by atoms with Crippen LogP contribution in [0.25, 0.3) is 0 Å². The molecule has 1 saturated heterocycles. The molecule has 1 aromatic carbocycles. The molecule has 1 aromatic rings. The summed E-state index contributed by atoms with van der Waals surface area (Å²) < 4.78 is 5.36. The molecule has 0 bridgehead atoms. The molecule has 1 aliphatic heterocycles. The summed E-state index contributed by atoms with van der Waals surface area (Å²) in [6, 6.07) is 8.86. The lowest BCUT2D eigenvalue weighted by molar-refractivity contribution is 0.0389. The Morgan fingerprint density at radius 2 is 1.74 bits per heavy atom. The fraction of sp³-hybridized carbons (Fsp3) is 0.611. The van der Waals surface area contributed by atoms with E-state index in [1.54, 1.807) is 0 Å². The summed E-state index contributed by atoms with van der Waals surface area (Å²) >= 11 is 0. The summed E-state index contributed by atoms with van der Waals surface area (Å²) in [6.07, 6.45) is 2.10. The smallest absolute Gasteiger partial charge is 0.191 e. The highest BCUT2D eigenvalue weighted by atomic mass is 16.5. The largest absolute Gasteiger partial charge is 0.379 e. The Bertz CT molecular complexity index is 466. The average Bonchev–Trinajstić information content (AvgIpc) is 2.62. The average molecular weight is 318 g/mol. The summed E-state index contributed by atoms with van der Waals surface area (Å²) in [6.45, 7) is 8.77. The fourth-order valence-corrected chi connectivity index (χ4v) is 2.64. The fourth-order valence-electron chi connectivity index (χ4n) is 2.64. The molecule has 0 saturated carbocycles. The number of aryl methyl sites for hydroxylation is 1. The van der Waals surface area contributed by atoms with Crippen LogP contribution in [0.3, 0.4) is 0 Å². The first-order valence-corrected chi connectivity index (χ1v) is 8.64. The van der Waals surface area contributed by atoms with Gasteiger partial charge in [-0.25, -0.2) is 0 Å². The molecule has 1 heterocycles. The van der Waals surface area contributed by atoms with E-state index in [2.05, 4.69) is 51.7 Å². The van der Waals surface area contributed by atoms with Crippen molar-refractivity contribution < 1.29 is 4.74 Å². The molecule has 5 heteroatoms. The highest BCUT2D eigenvalue weighted by Crippen LogP contribution is 2.05. The lowest BCUT2D eigenvalue weighted by Gasteiger charge is -2.26. The van der Waals surface area contributed by atoms with E-state index in [9.17, 15) is 0 Å². The number of hydrogen-bond acceptors (Lipinski definition) is 3. The molecular weight excluding hydrogens is 288 g/mol. The summed E-state index contributed by atoms with van der Waals surface area (Å²) in [5.41, 5.74) is 2.75. The van der Waals surface area contributed by atoms with Crippen molar-refractivity contribution in [2.45, 2.75) is 19.8 Å². The molecule has 5 nitrogen and oxygen atoms in total. The van der Waals surface area contributed by atoms with Crippen LogP contribution in [0.2, 0.25) is 0 Å². The van der Waals surface area contributed by atoms with E-state index in [1.807, 2.05) is 7.05 Å². The Kier molecular flexibility index (Phi) is 7.90. The van der Waals surface area contributed by atoms with Gasteiger partial charge in [-0.3, -0.25) is 9.89 Å². The van der Waals surface area contributed by atoms with Gasteiger partial charge in [0.15, 0.2) is 5.96 Å². The van der Waals surface area contributed by atoms with Gasteiger partial charge in [-0.15, -0.1) is 0 Å². The molecule has 0 aromatic heterocycles. The maximum Gasteiger partial charge on any atom is 0.191 e. The highest BCUT2D eigenvalue weighted by molar-refractivity contribution is 5.79. The minimum atomic E-state index is 0.851. The van der Waals surface area contributed by atoms with Crippen molar-refractivity contribution in [1.29, 1.82) is 0 Å². The maximum absolute atomic E-state index is 5.36. The normalized spacial score (nSPS) is 16.3. The van der Waals surface area contributed by atoms with Crippen molar-refractivity contribution in [2.75, 3.05) is 53.0 Å². The number of nitrogens with zero attached hydrogens (tertiary/aromatic N) is 2. The summed E-state index contributed by atoms with van der Waals surface area (Å²) in [4.78, 5) is 6.70. The van der Waals surface area contributed by atoms with Crippen LogP contribution in [-0.2, 0) is 17.6 Å². The van der Waals surface area contributed by atoms with E-state index in [1.165, 1.54) is 11.1 Å². The minimum Gasteiger partial charge on any atom is -0.379 e. The van der Waals surface area contributed by atoms with E-state index >= 15 is 0 Å². The monoisotopic (exact) mass is 318 g/mol. The molecule has 1 aliphatic rings. The predicted octanol–water partition coefficient (Wildman–Crippen LogP) is 1.29. The second-order valence-electron chi connectivity index (χ2n) is 5.80. The standard InChI is InChI=1S/C18H30N4O/c1-3-16-4-6-17(7-5-16)8-9-20-18(19-2)21-10-11-22-12-14-23-15-13-22/h4-7H,3,8-15H2,1-2H3,(H2,19,20,21). The topological polar surface area (TPSA) is 48.9 Å². The van der Waals surface area contributed by atoms with Crippen LogP contribution in [0.4, 0.5) is 0 Å². The van der Waals surface area contributed by atoms with Crippen molar-refractivity contribution in [3.05, 3.63) is 35.4 Å². The van der Waals surface area contributed by atoms with Crippen LogP contribution >= 0.6 is 0 Å². The number of nitrogens with one attached hydrogen (secondary N) is 2. The molecule has 0 aliphatic carbocycles. The molecule has 23 heavy (non-hydrogen) atoms. The first-order valence-electron chi connectivity index (χ1n) is 8.64. The third-order valence-electron chi connectivity index (χ3n) is 4.19. The van der Waals surface area contributed by atoms with Crippen molar-refractivity contribution in [2.24, 2.45) is 4.99 Å². The maximum atomic E-state index is 5.36. The van der Waals surface area contributed by atoms with Gasteiger partial charge in [0.05, 0.1) is 13.2 Å².